The quantitative estimate of drug-likeness (QED) is 0.210. The summed E-state index contributed by atoms with van der Waals surface area (Å²) >= 11 is -3.18. The van der Waals surface area contributed by atoms with Crippen LogP contribution in [0.2, 0.25) is 9.38 Å². The van der Waals surface area contributed by atoms with Crippen molar-refractivity contribution in [1.29, 1.82) is 0 Å². The van der Waals surface area contributed by atoms with Gasteiger partial charge in [0, 0.05) is 0 Å². The molecule has 0 saturated heterocycles. The summed E-state index contributed by atoms with van der Waals surface area (Å²) in [6.45, 7) is 2.36. The summed E-state index contributed by atoms with van der Waals surface area (Å²) in [5, 5.41) is 0. The second-order valence-electron chi connectivity index (χ2n) is 10.9. The number of hydrogen-bond acceptors (Lipinski definition) is 0. The predicted molar refractivity (Wildman–Crippen MR) is 155 cm³/mol. The van der Waals surface area contributed by atoms with Crippen molar-refractivity contribution in [1.82, 2.24) is 0 Å². The van der Waals surface area contributed by atoms with Gasteiger partial charge in [-0.1, -0.05) is 0 Å². The standard InChI is InChI=1S/C30H20.C4H9.CH3.Sn/c1-3-11-21(12-4-1)19-20-27-28(22-13-5-2-6-14-22)30-25-17-9-7-15-23(25)29(27)24-16-8-10-18-26(24)30;1-3-4-2;;/h1-18,20,30H;1,3-4H2,2H3;1H3;. The van der Waals surface area contributed by atoms with Gasteiger partial charge in [0.25, 0.3) is 0 Å². The molecule has 1 aliphatic heterocycles. The Balaban J connectivity index is 1.66. The fourth-order valence-electron chi connectivity index (χ4n) is 7.85. The summed E-state index contributed by atoms with van der Waals surface area (Å²) in [6, 6.07) is 41.6. The van der Waals surface area contributed by atoms with Crippen molar-refractivity contribution in [3.05, 3.63) is 154 Å². The Morgan fingerprint density at radius 2 is 1.19 bits per heavy atom. The van der Waals surface area contributed by atoms with Gasteiger partial charge in [0.1, 0.15) is 0 Å². The van der Waals surface area contributed by atoms with Crippen molar-refractivity contribution in [2.45, 2.75) is 38.5 Å². The van der Waals surface area contributed by atoms with E-state index in [1.165, 1.54) is 28.4 Å². The summed E-state index contributed by atoms with van der Waals surface area (Å²) in [5.74, 6) is 0.296. The van der Waals surface area contributed by atoms with Gasteiger partial charge in [-0.3, -0.25) is 0 Å². The minimum atomic E-state index is -3.18. The molecule has 1 heterocycles. The molecule has 176 valence electrons. The monoisotopic (exact) mass is 572 g/mol. The van der Waals surface area contributed by atoms with Crippen LogP contribution in [0.15, 0.2) is 121 Å². The zero-order valence-electron chi connectivity index (χ0n) is 21.2. The Bertz CT molecular complexity index is 1480. The molecule has 4 aliphatic rings. The van der Waals surface area contributed by atoms with Crippen LogP contribution in [-0.2, 0) is 3.43 Å². The third-order valence-corrected chi connectivity index (χ3v) is 24.8. The maximum atomic E-state index is 2.78. The van der Waals surface area contributed by atoms with Crippen molar-refractivity contribution in [3.63, 3.8) is 0 Å². The molecule has 2 bridgehead atoms. The third kappa shape index (κ3) is 2.77. The van der Waals surface area contributed by atoms with Crippen LogP contribution in [0.3, 0.4) is 0 Å². The molecule has 3 aliphatic carbocycles. The molecule has 4 aromatic carbocycles. The third-order valence-electron chi connectivity index (χ3n) is 9.25. The zero-order chi connectivity index (χ0) is 24.3. The molecule has 8 rings (SSSR count). The number of hydrogen-bond donors (Lipinski definition) is 0. The van der Waals surface area contributed by atoms with Crippen molar-refractivity contribution in [2.24, 2.45) is 0 Å². The van der Waals surface area contributed by atoms with Crippen molar-refractivity contribution < 1.29 is 0 Å². The van der Waals surface area contributed by atoms with Crippen LogP contribution in [0.5, 0.6) is 0 Å². The van der Waals surface area contributed by atoms with Gasteiger partial charge in [0.15, 0.2) is 0 Å². The van der Waals surface area contributed by atoms with E-state index in [9.17, 15) is 0 Å². The number of allylic oxidation sites excluding steroid dienone is 3. The second-order valence-corrected chi connectivity index (χ2v) is 23.6. The van der Waals surface area contributed by atoms with Crippen LogP contribution in [-0.4, -0.2) is 18.4 Å². The van der Waals surface area contributed by atoms with Gasteiger partial charge in [0.05, 0.1) is 0 Å². The molecule has 1 heteroatoms. The van der Waals surface area contributed by atoms with Crippen molar-refractivity contribution in [3.8, 4) is 0 Å². The molecule has 0 aromatic heterocycles. The summed E-state index contributed by atoms with van der Waals surface area (Å²) < 4.78 is 3.08. The van der Waals surface area contributed by atoms with E-state index < -0.39 is 18.4 Å². The average Bonchev–Trinajstić information content (AvgIpc) is 3.22. The Hall–Kier alpha value is -2.84. The molecular weight excluding hydrogens is 539 g/mol. The molecule has 0 radical (unpaired) electrons. The molecule has 0 nitrogen and oxygen atoms in total. The Morgan fingerprint density at radius 3 is 1.78 bits per heavy atom. The molecule has 36 heavy (non-hydrogen) atoms. The summed E-state index contributed by atoms with van der Waals surface area (Å²) in [6.07, 6.45) is 5.25. The Morgan fingerprint density at radius 1 is 0.667 bits per heavy atom. The van der Waals surface area contributed by atoms with E-state index in [1.54, 1.807) is 37.0 Å². The van der Waals surface area contributed by atoms with Crippen molar-refractivity contribution >= 4 is 27.5 Å². The molecule has 0 amide bonds. The van der Waals surface area contributed by atoms with E-state index >= 15 is 0 Å². The van der Waals surface area contributed by atoms with Gasteiger partial charge in [-0.2, -0.15) is 0 Å². The van der Waals surface area contributed by atoms with E-state index in [1.807, 2.05) is 0 Å². The molecule has 1 atom stereocenters. The normalized spacial score (nSPS) is 25.3. The molecule has 4 aromatic rings. The maximum absolute atomic E-state index is 3.18. The fraction of sp³-hybridized carbons (Fsp3) is 0.200. The van der Waals surface area contributed by atoms with E-state index in [0.717, 1.165) is 0 Å². The molecular formula is C35H32Sn. The topological polar surface area (TPSA) is 0 Å². The molecule has 1 spiro atoms. The molecule has 0 saturated carbocycles. The van der Waals surface area contributed by atoms with E-state index in [4.69, 9.17) is 0 Å². The number of rotatable bonds is 5. The second kappa shape index (κ2) is 8.35. The van der Waals surface area contributed by atoms with E-state index in [2.05, 4.69) is 127 Å². The van der Waals surface area contributed by atoms with Gasteiger partial charge < -0.3 is 0 Å². The van der Waals surface area contributed by atoms with Gasteiger partial charge >= 0.3 is 220 Å². The number of benzene rings is 4. The Kier molecular flexibility index (Phi) is 5.19. The fourth-order valence-corrected chi connectivity index (χ4v) is 24.5. The van der Waals surface area contributed by atoms with Crippen LogP contribution in [0.4, 0.5) is 0 Å². The first-order valence-corrected chi connectivity index (χ1v) is 21.2. The Labute approximate surface area is 219 Å². The first-order chi connectivity index (χ1) is 17.7. The van der Waals surface area contributed by atoms with Crippen LogP contribution < -0.4 is 0 Å². The van der Waals surface area contributed by atoms with Gasteiger partial charge in [-0.25, -0.2) is 0 Å². The average molecular weight is 571 g/mol. The van der Waals surface area contributed by atoms with Crippen LogP contribution in [0.25, 0.3) is 9.16 Å². The molecule has 1 unspecified atom stereocenters. The van der Waals surface area contributed by atoms with Crippen LogP contribution in [0.1, 0.15) is 59.1 Å². The van der Waals surface area contributed by atoms with Gasteiger partial charge in [-0.05, 0) is 0 Å². The zero-order valence-corrected chi connectivity index (χ0v) is 24.0. The summed E-state index contributed by atoms with van der Waals surface area (Å²) in [7, 11) is 0. The summed E-state index contributed by atoms with van der Waals surface area (Å²) in [5.41, 5.74) is 12.3. The minimum absolute atomic E-state index is 0.0160. The van der Waals surface area contributed by atoms with Crippen molar-refractivity contribution in [2.75, 3.05) is 0 Å². The SMILES string of the molecule is CCC[CH2][Sn]1([CH3])[C](c2ccccc2)=CC2=C(c3ccccc3)C3c4ccccc4[C]21c1ccccc13. The first-order valence-electron chi connectivity index (χ1n) is 13.5. The number of unbranched alkanes of at least 4 members (excludes halogenated alkanes) is 1. The molecule has 0 fully saturated rings. The van der Waals surface area contributed by atoms with E-state index in [0.29, 0.717) is 5.92 Å². The summed E-state index contributed by atoms with van der Waals surface area (Å²) in [4.78, 5) is 2.78. The van der Waals surface area contributed by atoms with Crippen LogP contribution in [0, 0.1) is 0 Å². The van der Waals surface area contributed by atoms with Gasteiger partial charge in [0.2, 0.25) is 0 Å². The van der Waals surface area contributed by atoms with Crippen LogP contribution >= 0.6 is 0 Å². The predicted octanol–water partition coefficient (Wildman–Crippen LogP) is 8.94. The van der Waals surface area contributed by atoms with E-state index in [-0.39, 0.29) is 3.43 Å². The first kappa shape index (κ1) is 22.4. The van der Waals surface area contributed by atoms with Gasteiger partial charge in [-0.15, -0.1) is 0 Å². The molecule has 0 N–H and O–H groups in total.